The largest absolute Gasteiger partial charge is 0.462 e. The molecular weight excluding hydrogens is 322 g/mol. The minimum Gasteiger partial charge on any atom is -0.462 e. The van der Waals surface area contributed by atoms with Crippen molar-refractivity contribution in [2.75, 3.05) is 19.6 Å². The van der Waals surface area contributed by atoms with Gasteiger partial charge in [0.1, 0.15) is 0 Å². The first-order chi connectivity index (χ1) is 12.6. The number of benzene rings is 2. The highest BCUT2D eigenvalue weighted by molar-refractivity contribution is 5.71. The molecule has 0 saturated carbocycles. The van der Waals surface area contributed by atoms with Crippen LogP contribution in [0.15, 0.2) is 60.7 Å². The van der Waals surface area contributed by atoms with E-state index in [1.54, 1.807) is 0 Å². The van der Waals surface area contributed by atoms with Gasteiger partial charge in [0.25, 0.3) is 0 Å². The molecule has 3 heteroatoms. The van der Waals surface area contributed by atoms with Gasteiger partial charge in [-0.05, 0) is 56.8 Å². The number of hydrogen-bond donors (Lipinski definition) is 0. The number of ether oxygens (including phenoxy) is 1. The van der Waals surface area contributed by atoms with E-state index >= 15 is 0 Å². The van der Waals surface area contributed by atoms with Gasteiger partial charge in [-0.3, -0.25) is 9.69 Å². The molecule has 26 heavy (non-hydrogen) atoms. The van der Waals surface area contributed by atoms with Crippen LogP contribution in [0.2, 0.25) is 0 Å². The molecule has 0 aromatic heterocycles. The van der Waals surface area contributed by atoms with Crippen molar-refractivity contribution in [2.45, 2.75) is 38.7 Å². The number of carbonyl (C=O) groups is 1. The summed E-state index contributed by atoms with van der Waals surface area (Å²) in [6.45, 7) is 6.11. The van der Waals surface area contributed by atoms with Crippen molar-refractivity contribution in [1.82, 2.24) is 4.90 Å². The number of esters is 1. The number of rotatable bonds is 6. The van der Waals surface area contributed by atoms with Gasteiger partial charge in [-0.1, -0.05) is 60.7 Å². The minimum atomic E-state index is -0.110. The molecule has 0 N–H and O–H groups in total. The average molecular weight is 351 g/mol. The van der Waals surface area contributed by atoms with Crippen molar-refractivity contribution in [3.05, 3.63) is 71.8 Å². The summed E-state index contributed by atoms with van der Waals surface area (Å²) >= 11 is 0. The van der Waals surface area contributed by atoms with Gasteiger partial charge >= 0.3 is 5.97 Å². The van der Waals surface area contributed by atoms with Gasteiger partial charge in [0.05, 0.1) is 12.6 Å². The zero-order valence-corrected chi connectivity index (χ0v) is 15.8. The van der Waals surface area contributed by atoms with Crippen LogP contribution >= 0.6 is 0 Å². The third-order valence-electron chi connectivity index (χ3n) is 5.14. The predicted octanol–water partition coefficient (Wildman–Crippen LogP) is 4.48. The lowest BCUT2D eigenvalue weighted by molar-refractivity contribution is -0.149. The summed E-state index contributed by atoms with van der Waals surface area (Å²) < 4.78 is 5.29. The number of hydrogen-bond acceptors (Lipinski definition) is 3. The SMILES string of the molecule is CC(C)OC(=O)CN1CCC(C(c2ccccc2)c2ccccc2)CC1. The summed E-state index contributed by atoms with van der Waals surface area (Å²) in [6, 6.07) is 21.6. The maximum atomic E-state index is 11.9. The second-order valence-corrected chi connectivity index (χ2v) is 7.45. The summed E-state index contributed by atoms with van der Waals surface area (Å²) in [5.41, 5.74) is 2.77. The molecule has 0 radical (unpaired) electrons. The highest BCUT2D eigenvalue weighted by atomic mass is 16.5. The van der Waals surface area contributed by atoms with Crippen molar-refractivity contribution < 1.29 is 9.53 Å². The molecule has 2 aromatic carbocycles. The van der Waals surface area contributed by atoms with E-state index in [4.69, 9.17) is 4.74 Å². The summed E-state index contributed by atoms with van der Waals surface area (Å²) in [5.74, 6) is 0.903. The lowest BCUT2D eigenvalue weighted by Crippen LogP contribution is -2.39. The van der Waals surface area contributed by atoms with E-state index in [1.165, 1.54) is 11.1 Å². The van der Waals surface area contributed by atoms with Crippen LogP contribution in [0.4, 0.5) is 0 Å². The Morgan fingerprint density at radius 3 is 1.92 bits per heavy atom. The van der Waals surface area contributed by atoms with Gasteiger partial charge in [0, 0.05) is 5.92 Å². The van der Waals surface area contributed by atoms with Gasteiger partial charge in [-0.15, -0.1) is 0 Å². The first kappa shape index (κ1) is 18.7. The normalized spacial score (nSPS) is 16.2. The Labute approximate surface area is 157 Å². The van der Waals surface area contributed by atoms with Gasteiger partial charge in [-0.25, -0.2) is 0 Å². The molecule has 2 aromatic rings. The number of carbonyl (C=O) groups excluding carboxylic acids is 1. The fourth-order valence-electron chi connectivity index (χ4n) is 3.98. The number of likely N-dealkylation sites (tertiary alicyclic amines) is 1. The maximum absolute atomic E-state index is 11.9. The van der Waals surface area contributed by atoms with Crippen molar-refractivity contribution in [3.8, 4) is 0 Å². The molecule has 1 aliphatic rings. The monoisotopic (exact) mass is 351 g/mol. The highest BCUT2D eigenvalue weighted by Gasteiger charge is 2.29. The molecule has 0 bridgehead atoms. The van der Waals surface area contributed by atoms with E-state index in [9.17, 15) is 4.79 Å². The van der Waals surface area contributed by atoms with Crippen molar-refractivity contribution >= 4 is 5.97 Å². The zero-order chi connectivity index (χ0) is 18.4. The Bertz CT molecular complexity index is 636. The van der Waals surface area contributed by atoms with Crippen LogP contribution in [-0.4, -0.2) is 36.6 Å². The molecule has 3 nitrogen and oxygen atoms in total. The quantitative estimate of drug-likeness (QED) is 0.719. The maximum Gasteiger partial charge on any atom is 0.320 e. The summed E-state index contributed by atoms with van der Waals surface area (Å²) in [7, 11) is 0. The fraction of sp³-hybridized carbons (Fsp3) is 0.435. The fourth-order valence-corrected chi connectivity index (χ4v) is 3.98. The molecular formula is C23H29NO2. The van der Waals surface area contributed by atoms with Crippen molar-refractivity contribution in [2.24, 2.45) is 5.92 Å². The second-order valence-electron chi connectivity index (χ2n) is 7.45. The smallest absolute Gasteiger partial charge is 0.320 e. The summed E-state index contributed by atoms with van der Waals surface area (Å²) in [4.78, 5) is 14.1. The van der Waals surface area contributed by atoms with Crippen LogP contribution in [0.1, 0.15) is 43.7 Å². The van der Waals surface area contributed by atoms with Crippen LogP contribution in [0.3, 0.4) is 0 Å². The van der Waals surface area contributed by atoms with E-state index in [1.807, 2.05) is 13.8 Å². The number of piperidine rings is 1. The molecule has 0 aliphatic carbocycles. The average Bonchev–Trinajstić information content (AvgIpc) is 2.64. The molecule has 138 valence electrons. The Balaban J connectivity index is 1.67. The van der Waals surface area contributed by atoms with E-state index in [0.717, 1.165) is 25.9 Å². The van der Waals surface area contributed by atoms with Gasteiger partial charge in [0.2, 0.25) is 0 Å². The van der Waals surface area contributed by atoms with E-state index < -0.39 is 0 Å². The minimum absolute atomic E-state index is 0.0411. The highest BCUT2D eigenvalue weighted by Crippen LogP contribution is 2.37. The molecule has 0 spiro atoms. The Morgan fingerprint density at radius 1 is 0.962 bits per heavy atom. The van der Waals surface area contributed by atoms with E-state index in [2.05, 4.69) is 65.6 Å². The molecule has 0 atom stereocenters. The van der Waals surface area contributed by atoms with E-state index in [0.29, 0.717) is 18.4 Å². The first-order valence-electron chi connectivity index (χ1n) is 9.65. The molecule has 1 heterocycles. The number of nitrogens with zero attached hydrogens (tertiary/aromatic N) is 1. The van der Waals surface area contributed by atoms with Gasteiger partial charge < -0.3 is 4.74 Å². The van der Waals surface area contributed by atoms with Crippen molar-refractivity contribution in [1.29, 1.82) is 0 Å². The zero-order valence-electron chi connectivity index (χ0n) is 15.8. The summed E-state index contributed by atoms with van der Waals surface area (Å²) in [6.07, 6.45) is 2.16. The molecule has 0 unspecified atom stereocenters. The molecule has 3 rings (SSSR count). The van der Waals surface area contributed by atoms with Gasteiger partial charge in [-0.2, -0.15) is 0 Å². The third-order valence-corrected chi connectivity index (χ3v) is 5.14. The Hall–Kier alpha value is -2.13. The Morgan fingerprint density at radius 2 is 1.46 bits per heavy atom. The topological polar surface area (TPSA) is 29.5 Å². The van der Waals surface area contributed by atoms with Crippen LogP contribution in [0.5, 0.6) is 0 Å². The van der Waals surface area contributed by atoms with E-state index in [-0.39, 0.29) is 12.1 Å². The van der Waals surface area contributed by atoms with Gasteiger partial charge in [0.15, 0.2) is 0 Å². The van der Waals surface area contributed by atoms with Crippen LogP contribution in [0.25, 0.3) is 0 Å². The Kier molecular flexibility index (Phi) is 6.45. The van der Waals surface area contributed by atoms with Crippen molar-refractivity contribution in [3.63, 3.8) is 0 Å². The molecule has 1 aliphatic heterocycles. The first-order valence-corrected chi connectivity index (χ1v) is 9.65. The lowest BCUT2D eigenvalue weighted by atomic mass is 9.76. The standard InChI is InChI=1S/C23H29NO2/c1-18(2)26-22(25)17-24-15-13-21(14-16-24)23(19-9-5-3-6-10-19)20-11-7-4-8-12-20/h3-12,18,21,23H,13-17H2,1-2H3. The van der Waals surface area contributed by atoms with Crippen LogP contribution < -0.4 is 0 Å². The lowest BCUT2D eigenvalue weighted by Gasteiger charge is -2.36. The van der Waals surface area contributed by atoms with Crippen LogP contribution in [0, 0.1) is 5.92 Å². The molecule has 1 fully saturated rings. The third kappa shape index (κ3) is 4.95. The molecule has 1 saturated heterocycles. The second kappa shape index (κ2) is 9.00. The van der Waals surface area contributed by atoms with Crippen LogP contribution in [-0.2, 0) is 9.53 Å². The molecule has 0 amide bonds. The predicted molar refractivity (Wildman–Crippen MR) is 105 cm³/mol. The summed E-state index contributed by atoms with van der Waals surface area (Å²) in [5, 5.41) is 0.